The van der Waals surface area contributed by atoms with Gasteiger partial charge in [-0.3, -0.25) is 48.6 Å². The van der Waals surface area contributed by atoms with Crippen molar-refractivity contribution in [3.63, 3.8) is 0 Å². The smallest absolute Gasteiger partial charge is 0.317 e. The van der Waals surface area contributed by atoms with E-state index in [1.807, 2.05) is 105 Å². The Hall–Kier alpha value is -7.24. The normalized spacial score (nSPS) is 11.6. The van der Waals surface area contributed by atoms with E-state index in [-0.39, 0.29) is 43.9 Å². The summed E-state index contributed by atoms with van der Waals surface area (Å²) in [5.41, 5.74) is 30.4. The summed E-state index contributed by atoms with van der Waals surface area (Å²) in [5, 5.41) is 13.4. The van der Waals surface area contributed by atoms with Crippen molar-refractivity contribution >= 4 is 23.7 Å². The van der Waals surface area contributed by atoms with Crippen molar-refractivity contribution < 1.29 is 24.3 Å². The zero-order valence-corrected chi connectivity index (χ0v) is 58.1. The molecule has 0 fully saturated rings. The molecule has 0 atom stereocenters. The summed E-state index contributed by atoms with van der Waals surface area (Å²) in [5.74, 6) is -0.814. The lowest BCUT2D eigenvalue weighted by Gasteiger charge is -2.33. The van der Waals surface area contributed by atoms with E-state index in [0.717, 1.165) is 99.8 Å². The predicted molar refractivity (Wildman–Crippen MR) is 394 cm³/mol. The minimum Gasteiger partial charge on any atom is -0.480 e. The van der Waals surface area contributed by atoms with Crippen LogP contribution in [0.1, 0.15) is 84.7 Å². The van der Waals surface area contributed by atoms with Crippen LogP contribution in [0.2, 0.25) is 0 Å². The number of nitrogens with zero attached hydrogens (tertiary/aromatic N) is 9. The number of hydrogen-bond donors (Lipinski definition) is 6. The lowest BCUT2D eigenvalue weighted by molar-refractivity contribution is -0.138. The van der Waals surface area contributed by atoms with E-state index in [1.165, 1.54) is 11.1 Å². The van der Waals surface area contributed by atoms with E-state index in [2.05, 4.69) is 127 Å². The standard InChI is InChI=1S/C78H116N14O5/c79-39-19-23-43-83-44-48-88(61-71-31-11-3-12-32-71)67-77(95)91(63-73-35-15-5-16-36-73)57-54-84(45-24-20-40-80)65-76(94)92(64-74-37-17-6-18-38-74)58-55-89(62-72-33-13-4-14-34-72)66-75(93)90(47-26-22-42-82)56-53-87(60-70-29-9-2-10-30-70)52-51-86(59-69-27-7-1-8-28-69)50-49-85(68-78(96)97)46-25-21-41-81/h1-18,27-38,83H,19-26,39-68,79-82H2,(H,96,97). The van der Waals surface area contributed by atoms with Crippen molar-refractivity contribution in [2.45, 2.75) is 90.6 Å². The Balaban J connectivity index is 1.21. The van der Waals surface area contributed by atoms with Gasteiger partial charge in [0.1, 0.15) is 0 Å². The minimum atomic E-state index is -0.838. The van der Waals surface area contributed by atoms with Gasteiger partial charge in [-0.05, 0) is 131 Å². The quantitative estimate of drug-likeness (QED) is 0.0209. The second-order valence-electron chi connectivity index (χ2n) is 25.6. The molecule has 97 heavy (non-hydrogen) atoms. The Kier molecular flexibility index (Phi) is 39.4. The van der Waals surface area contributed by atoms with Crippen LogP contribution in [-0.2, 0) is 58.4 Å². The highest BCUT2D eigenvalue weighted by atomic mass is 16.4. The first-order chi connectivity index (χ1) is 47.5. The number of rotatable bonds is 54. The molecule has 0 heterocycles. The van der Waals surface area contributed by atoms with Gasteiger partial charge in [0.15, 0.2) is 0 Å². The van der Waals surface area contributed by atoms with Crippen LogP contribution in [-0.4, -0.2) is 230 Å². The van der Waals surface area contributed by atoms with Crippen LogP contribution >= 0.6 is 0 Å². The third-order valence-corrected chi connectivity index (χ3v) is 17.6. The number of amides is 3. The molecule has 0 saturated heterocycles. The van der Waals surface area contributed by atoms with Gasteiger partial charge in [0, 0.05) is 124 Å². The molecule has 3 amide bonds. The van der Waals surface area contributed by atoms with Gasteiger partial charge in [-0.25, -0.2) is 0 Å². The fraction of sp³-hybridized carbons (Fsp3) is 0.487. The molecule has 19 nitrogen and oxygen atoms in total. The molecule has 0 radical (unpaired) electrons. The maximum absolute atomic E-state index is 15.3. The molecule has 10 N–H and O–H groups in total. The Morgan fingerprint density at radius 3 is 0.938 bits per heavy atom. The van der Waals surface area contributed by atoms with E-state index in [0.29, 0.717) is 144 Å². The maximum Gasteiger partial charge on any atom is 0.317 e. The number of carboxylic acid groups (broad SMARTS) is 1. The first kappa shape index (κ1) is 78.8. The molecule has 0 aliphatic carbocycles. The van der Waals surface area contributed by atoms with Gasteiger partial charge in [0.05, 0.1) is 26.2 Å². The largest absolute Gasteiger partial charge is 0.480 e. The van der Waals surface area contributed by atoms with Gasteiger partial charge in [-0.1, -0.05) is 182 Å². The van der Waals surface area contributed by atoms with Crippen molar-refractivity contribution in [3.05, 3.63) is 215 Å². The number of hydrogen-bond acceptors (Lipinski definition) is 15. The van der Waals surface area contributed by atoms with Crippen molar-refractivity contribution in [2.75, 3.05) is 157 Å². The summed E-state index contributed by atoms with van der Waals surface area (Å²) in [7, 11) is 0. The molecule has 528 valence electrons. The Labute approximate surface area is 580 Å². The zero-order chi connectivity index (χ0) is 68.8. The molecule has 0 saturated carbocycles. The van der Waals surface area contributed by atoms with E-state index in [4.69, 9.17) is 22.9 Å². The predicted octanol–water partition coefficient (Wildman–Crippen LogP) is 7.12. The molecule has 6 aromatic rings. The molecule has 0 aromatic heterocycles. The summed E-state index contributed by atoms with van der Waals surface area (Å²) >= 11 is 0. The molecule has 0 aliphatic rings. The number of nitrogens with two attached hydrogens (primary N) is 4. The molecule has 6 aromatic carbocycles. The number of carbonyl (C=O) groups excluding carboxylic acids is 3. The highest BCUT2D eigenvalue weighted by Crippen LogP contribution is 2.16. The van der Waals surface area contributed by atoms with Crippen molar-refractivity contribution in [1.29, 1.82) is 0 Å². The van der Waals surface area contributed by atoms with E-state index >= 15 is 9.59 Å². The van der Waals surface area contributed by atoms with Crippen LogP contribution in [0.4, 0.5) is 0 Å². The second-order valence-corrected chi connectivity index (χ2v) is 25.6. The first-order valence-electron chi connectivity index (χ1n) is 35.6. The van der Waals surface area contributed by atoms with E-state index in [9.17, 15) is 14.7 Å². The van der Waals surface area contributed by atoms with Crippen LogP contribution in [0, 0.1) is 0 Å². The minimum absolute atomic E-state index is 0.0197. The van der Waals surface area contributed by atoms with Crippen molar-refractivity contribution in [3.8, 4) is 0 Å². The number of nitrogens with one attached hydrogen (secondary N) is 1. The molecular weight excluding hydrogens is 1210 g/mol. The summed E-state index contributed by atoms with van der Waals surface area (Å²) in [6, 6.07) is 61.7. The summed E-state index contributed by atoms with van der Waals surface area (Å²) < 4.78 is 0. The molecule has 0 aliphatic heterocycles. The maximum atomic E-state index is 15.3. The van der Waals surface area contributed by atoms with Gasteiger partial charge in [0.2, 0.25) is 17.7 Å². The van der Waals surface area contributed by atoms with Gasteiger partial charge in [-0.15, -0.1) is 0 Å². The fourth-order valence-corrected chi connectivity index (χ4v) is 12.0. The van der Waals surface area contributed by atoms with Crippen LogP contribution in [0.15, 0.2) is 182 Å². The van der Waals surface area contributed by atoms with Crippen molar-refractivity contribution in [1.82, 2.24) is 49.4 Å². The van der Waals surface area contributed by atoms with Crippen LogP contribution in [0.5, 0.6) is 0 Å². The molecule has 0 spiro atoms. The van der Waals surface area contributed by atoms with Crippen LogP contribution < -0.4 is 28.3 Å². The summed E-state index contributed by atoms with van der Waals surface area (Å²) in [6.07, 6.45) is 6.81. The fourth-order valence-electron chi connectivity index (χ4n) is 12.0. The molecule has 0 unspecified atom stereocenters. The highest BCUT2D eigenvalue weighted by molar-refractivity contribution is 5.79. The second kappa shape index (κ2) is 48.5. The lowest BCUT2D eigenvalue weighted by atomic mass is 10.2. The summed E-state index contributed by atoms with van der Waals surface area (Å²) in [4.78, 5) is 76.7. The van der Waals surface area contributed by atoms with Crippen molar-refractivity contribution in [2.24, 2.45) is 22.9 Å². The number of carboxylic acids is 1. The lowest BCUT2D eigenvalue weighted by Crippen LogP contribution is -2.48. The SMILES string of the molecule is NCCCCNCCN(CC(=O)N(CCN(CCCCN)CC(=O)N(CCN(CC(=O)N(CCCCN)CCN(CCN(CCN(CCCCN)CC(=O)O)Cc1ccccc1)Cc1ccccc1)Cc1ccccc1)Cc1ccccc1)Cc1ccccc1)Cc1ccccc1. The average molecular weight is 1330 g/mol. The first-order valence-corrected chi connectivity index (χ1v) is 35.6. The van der Waals surface area contributed by atoms with Gasteiger partial charge in [0.25, 0.3) is 0 Å². The monoisotopic (exact) mass is 1330 g/mol. The Morgan fingerprint density at radius 2 is 0.546 bits per heavy atom. The molecule has 0 bridgehead atoms. The topological polar surface area (TPSA) is 234 Å². The Morgan fingerprint density at radius 1 is 0.268 bits per heavy atom. The number of unbranched alkanes of at least 4 members (excludes halogenated alkanes) is 4. The van der Waals surface area contributed by atoms with Gasteiger partial charge in [-0.2, -0.15) is 0 Å². The van der Waals surface area contributed by atoms with E-state index < -0.39 is 5.97 Å². The molecule has 6 rings (SSSR count). The highest BCUT2D eigenvalue weighted by Gasteiger charge is 2.26. The van der Waals surface area contributed by atoms with Gasteiger partial charge < -0.3 is 48.1 Å². The average Bonchev–Trinajstić information content (AvgIpc) is 1.36. The molecule has 19 heteroatoms. The Bertz CT molecular complexity index is 3000. The number of carbonyl (C=O) groups is 4. The third-order valence-electron chi connectivity index (χ3n) is 17.6. The third kappa shape index (κ3) is 33.7. The van der Waals surface area contributed by atoms with Crippen LogP contribution in [0.3, 0.4) is 0 Å². The number of aliphatic carboxylic acids is 1. The summed E-state index contributed by atoms with van der Waals surface area (Å²) in [6.45, 7) is 16.0. The van der Waals surface area contributed by atoms with E-state index in [1.54, 1.807) is 0 Å². The molecular formula is C78H116N14O5. The van der Waals surface area contributed by atoms with Crippen LogP contribution in [0.25, 0.3) is 0 Å². The zero-order valence-electron chi connectivity index (χ0n) is 58.1. The number of benzene rings is 6. The van der Waals surface area contributed by atoms with Gasteiger partial charge >= 0.3 is 5.97 Å².